The fraction of sp³-hybridized carbons (Fsp3) is 0.435. The predicted molar refractivity (Wildman–Crippen MR) is 116 cm³/mol. The van der Waals surface area contributed by atoms with E-state index in [1.54, 1.807) is 0 Å². The number of aliphatic hydroxyl groups is 1. The molecule has 5 rings (SSSR count). The van der Waals surface area contributed by atoms with Crippen LogP contribution in [-0.4, -0.2) is 54.1 Å². The summed E-state index contributed by atoms with van der Waals surface area (Å²) in [7, 11) is 0. The zero-order chi connectivity index (χ0) is 20.3. The number of para-hydroxylation sites is 1. The smallest absolute Gasteiger partial charge is 0.231 e. The molecule has 0 spiro atoms. The average molecular weight is 427 g/mol. The van der Waals surface area contributed by atoms with Crippen LogP contribution in [0, 0.1) is 0 Å². The van der Waals surface area contributed by atoms with Gasteiger partial charge in [0.1, 0.15) is 0 Å². The van der Waals surface area contributed by atoms with Gasteiger partial charge in [-0.05, 0) is 55.8 Å². The van der Waals surface area contributed by atoms with E-state index in [9.17, 15) is 5.11 Å². The molecule has 1 N–H and O–H groups in total. The largest absolute Gasteiger partial charge is 0.454 e. The van der Waals surface area contributed by atoms with Crippen molar-refractivity contribution in [3.63, 3.8) is 0 Å². The molecule has 6 nitrogen and oxygen atoms in total. The van der Waals surface area contributed by atoms with Crippen molar-refractivity contribution in [1.82, 2.24) is 9.88 Å². The zero-order valence-electron chi connectivity index (χ0n) is 16.8. The van der Waals surface area contributed by atoms with E-state index in [1.165, 1.54) is 9.71 Å². The summed E-state index contributed by atoms with van der Waals surface area (Å²) in [5.74, 6) is 2.05. The summed E-state index contributed by atoms with van der Waals surface area (Å²) in [6.45, 7) is 3.67. The van der Waals surface area contributed by atoms with Gasteiger partial charge >= 0.3 is 0 Å². The number of hydrogen-bond donors (Lipinski definition) is 1. The average Bonchev–Trinajstić information content (AvgIpc) is 3.40. The molecule has 3 heterocycles. The van der Waals surface area contributed by atoms with E-state index in [4.69, 9.17) is 19.2 Å². The quantitative estimate of drug-likeness (QED) is 0.620. The molecule has 1 atom stereocenters. The van der Waals surface area contributed by atoms with E-state index >= 15 is 0 Å². The Hall–Kier alpha value is -2.19. The van der Waals surface area contributed by atoms with Gasteiger partial charge in [0.15, 0.2) is 11.5 Å². The molecule has 1 unspecified atom stereocenters. The molecule has 2 aliphatic heterocycles. The SMILES string of the molecule is OC(COCc1ccc2c(c1)OCO2)CN1CCC(c2nc3ccccc3s2)CC1. The topological polar surface area (TPSA) is 64.1 Å². The molecular weight excluding hydrogens is 400 g/mol. The first kappa shape index (κ1) is 19.8. The molecule has 0 saturated carbocycles. The van der Waals surface area contributed by atoms with Gasteiger partial charge in [0.05, 0.1) is 34.5 Å². The Bertz CT molecular complexity index is 967. The number of nitrogens with zero attached hydrogens (tertiary/aromatic N) is 2. The molecule has 1 fully saturated rings. The third-order valence-corrected chi connectivity index (χ3v) is 6.93. The molecule has 0 aliphatic carbocycles. The molecule has 0 radical (unpaired) electrons. The maximum Gasteiger partial charge on any atom is 0.231 e. The van der Waals surface area contributed by atoms with Crippen molar-refractivity contribution in [2.24, 2.45) is 0 Å². The van der Waals surface area contributed by atoms with E-state index in [1.807, 2.05) is 35.6 Å². The summed E-state index contributed by atoms with van der Waals surface area (Å²) in [6, 6.07) is 14.1. The second-order valence-electron chi connectivity index (χ2n) is 7.95. The third kappa shape index (κ3) is 4.44. The number of hydrogen-bond acceptors (Lipinski definition) is 7. The molecule has 7 heteroatoms. The van der Waals surface area contributed by atoms with E-state index in [0.29, 0.717) is 25.7 Å². The summed E-state index contributed by atoms with van der Waals surface area (Å²) in [5.41, 5.74) is 2.12. The number of ether oxygens (including phenoxy) is 3. The Morgan fingerprint density at radius 3 is 2.83 bits per heavy atom. The third-order valence-electron chi connectivity index (χ3n) is 5.73. The van der Waals surface area contributed by atoms with Crippen molar-refractivity contribution in [1.29, 1.82) is 0 Å². The Morgan fingerprint density at radius 2 is 1.97 bits per heavy atom. The number of aromatic nitrogens is 1. The normalized spacial score (nSPS) is 18.2. The van der Waals surface area contributed by atoms with Gasteiger partial charge < -0.3 is 24.2 Å². The van der Waals surface area contributed by atoms with E-state index in [-0.39, 0.29) is 6.79 Å². The number of likely N-dealkylation sites (tertiary alicyclic amines) is 1. The van der Waals surface area contributed by atoms with Crippen LogP contribution in [-0.2, 0) is 11.3 Å². The van der Waals surface area contributed by atoms with Crippen molar-refractivity contribution < 1.29 is 19.3 Å². The zero-order valence-corrected chi connectivity index (χ0v) is 17.6. The minimum Gasteiger partial charge on any atom is -0.454 e. The summed E-state index contributed by atoms with van der Waals surface area (Å²) in [4.78, 5) is 7.16. The lowest BCUT2D eigenvalue weighted by Gasteiger charge is -2.32. The predicted octanol–water partition coefficient (Wildman–Crippen LogP) is 3.78. The van der Waals surface area contributed by atoms with Gasteiger partial charge in [-0.2, -0.15) is 0 Å². The second-order valence-corrected chi connectivity index (χ2v) is 9.01. The number of β-amino-alcohol motifs (C(OH)–C–C–N with tert-alkyl or cyclic N) is 1. The number of piperidine rings is 1. The lowest BCUT2D eigenvalue weighted by Crippen LogP contribution is -2.39. The summed E-state index contributed by atoms with van der Waals surface area (Å²) in [6.07, 6.45) is 1.69. The second kappa shape index (κ2) is 8.89. The van der Waals surface area contributed by atoms with Crippen LogP contribution >= 0.6 is 11.3 Å². The molecule has 0 bridgehead atoms. The Morgan fingerprint density at radius 1 is 1.13 bits per heavy atom. The van der Waals surface area contributed by atoms with Crippen LogP contribution in [0.1, 0.15) is 29.3 Å². The summed E-state index contributed by atoms with van der Waals surface area (Å²) < 4.78 is 17.7. The Kier molecular flexibility index (Phi) is 5.86. The van der Waals surface area contributed by atoms with Crippen LogP contribution < -0.4 is 9.47 Å². The molecule has 1 saturated heterocycles. The monoisotopic (exact) mass is 426 g/mol. The maximum atomic E-state index is 10.4. The van der Waals surface area contributed by atoms with Crippen molar-refractivity contribution in [3.05, 3.63) is 53.0 Å². The molecule has 3 aromatic rings. The van der Waals surface area contributed by atoms with Gasteiger partial charge in [0, 0.05) is 12.5 Å². The van der Waals surface area contributed by atoms with Crippen molar-refractivity contribution in [2.75, 3.05) is 33.0 Å². The number of rotatable bonds is 7. The van der Waals surface area contributed by atoms with E-state index in [2.05, 4.69) is 23.1 Å². The first-order chi connectivity index (χ1) is 14.7. The van der Waals surface area contributed by atoms with Gasteiger partial charge in [0.2, 0.25) is 6.79 Å². The maximum absolute atomic E-state index is 10.4. The fourth-order valence-corrected chi connectivity index (χ4v) is 5.26. The highest BCUT2D eigenvalue weighted by Gasteiger charge is 2.24. The van der Waals surface area contributed by atoms with Crippen LogP contribution in [0.25, 0.3) is 10.2 Å². The van der Waals surface area contributed by atoms with Gasteiger partial charge in [-0.15, -0.1) is 11.3 Å². The highest BCUT2D eigenvalue weighted by atomic mass is 32.1. The van der Waals surface area contributed by atoms with Crippen LogP contribution in [0.4, 0.5) is 0 Å². The van der Waals surface area contributed by atoms with Gasteiger partial charge in [-0.3, -0.25) is 0 Å². The molecule has 30 heavy (non-hydrogen) atoms. The number of benzene rings is 2. The number of fused-ring (bicyclic) bond motifs is 2. The molecule has 1 aromatic heterocycles. The van der Waals surface area contributed by atoms with Crippen molar-refractivity contribution in [2.45, 2.75) is 31.5 Å². The van der Waals surface area contributed by atoms with E-state index < -0.39 is 6.10 Å². The van der Waals surface area contributed by atoms with Gasteiger partial charge in [-0.1, -0.05) is 18.2 Å². The van der Waals surface area contributed by atoms with Gasteiger partial charge in [0.25, 0.3) is 0 Å². The summed E-state index contributed by atoms with van der Waals surface area (Å²) in [5, 5.41) is 11.6. The summed E-state index contributed by atoms with van der Waals surface area (Å²) >= 11 is 1.82. The minimum atomic E-state index is -0.488. The molecule has 158 valence electrons. The molecule has 2 aliphatic rings. The molecule has 2 aromatic carbocycles. The highest BCUT2D eigenvalue weighted by molar-refractivity contribution is 7.18. The fourth-order valence-electron chi connectivity index (χ4n) is 4.12. The van der Waals surface area contributed by atoms with Crippen molar-refractivity contribution >= 4 is 21.6 Å². The molecular formula is C23H26N2O4S. The highest BCUT2D eigenvalue weighted by Crippen LogP contribution is 2.34. The lowest BCUT2D eigenvalue weighted by atomic mass is 9.97. The van der Waals surface area contributed by atoms with Crippen molar-refractivity contribution in [3.8, 4) is 11.5 Å². The minimum absolute atomic E-state index is 0.272. The standard InChI is InChI=1S/C23H26N2O4S/c26-18(14-27-13-16-5-6-20-21(11-16)29-15-28-20)12-25-9-7-17(8-10-25)23-24-19-3-1-2-4-22(19)30-23/h1-6,11,17-18,26H,7-10,12-15H2. The Labute approximate surface area is 180 Å². The lowest BCUT2D eigenvalue weighted by molar-refractivity contribution is 0.00619. The van der Waals surface area contributed by atoms with E-state index in [0.717, 1.165) is 48.5 Å². The van der Waals surface area contributed by atoms with Crippen LogP contribution in [0.2, 0.25) is 0 Å². The number of thiazole rings is 1. The first-order valence-corrected chi connectivity index (χ1v) is 11.3. The number of aliphatic hydroxyl groups excluding tert-OH is 1. The Balaban J connectivity index is 1.05. The van der Waals surface area contributed by atoms with Crippen LogP contribution in [0.5, 0.6) is 11.5 Å². The first-order valence-electron chi connectivity index (χ1n) is 10.5. The van der Waals surface area contributed by atoms with Crippen LogP contribution in [0.3, 0.4) is 0 Å². The van der Waals surface area contributed by atoms with Gasteiger partial charge in [-0.25, -0.2) is 4.98 Å². The van der Waals surface area contributed by atoms with Crippen LogP contribution in [0.15, 0.2) is 42.5 Å². The molecule has 0 amide bonds.